The average molecular weight is 361 g/mol. The van der Waals surface area contributed by atoms with Crippen molar-refractivity contribution >= 4 is 12.2 Å². The van der Waals surface area contributed by atoms with E-state index in [1.54, 1.807) is 0 Å². The normalized spacial score (nSPS) is 15.3. The second-order valence-corrected chi connectivity index (χ2v) is 6.23. The van der Waals surface area contributed by atoms with E-state index >= 15 is 0 Å². The van der Waals surface area contributed by atoms with Crippen LogP contribution in [0.5, 0.6) is 0 Å². The van der Waals surface area contributed by atoms with Crippen LogP contribution in [0.1, 0.15) is 11.1 Å². The summed E-state index contributed by atoms with van der Waals surface area (Å²) in [5.41, 5.74) is 4.64. The van der Waals surface area contributed by atoms with Crippen LogP contribution in [0.25, 0.3) is 12.2 Å². The van der Waals surface area contributed by atoms with Gasteiger partial charge < -0.3 is 0 Å². The molecule has 0 nitrogen and oxygen atoms in total. The topological polar surface area (TPSA) is 0 Å². The van der Waals surface area contributed by atoms with E-state index in [1.165, 1.54) is 0 Å². The third-order valence-electron chi connectivity index (χ3n) is 4.21. The number of rotatable bonds is 0. The summed E-state index contributed by atoms with van der Waals surface area (Å²) in [7, 11) is 0. The fourth-order valence-corrected chi connectivity index (χ4v) is 2.78. The van der Waals surface area contributed by atoms with Crippen molar-refractivity contribution in [1.29, 1.82) is 0 Å². The minimum Gasteiger partial charge on any atom is -0.0623 e. The van der Waals surface area contributed by atoms with Crippen molar-refractivity contribution < 1.29 is 0 Å². The summed E-state index contributed by atoms with van der Waals surface area (Å²) < 4.78 is 0. The summed E-state index contributed by atoms with van der Waals surface area (Å²) in [6.07, 6.45) is 33.5. The molecule has 0 fully saturated rings. The van der Waals surface area contributed by atoms with E-state index < -0.39 is 0 Å². The van der Waals surface area contributed by atoms with Crippen LogP contribution in [0, 0.1) is 0 Å². The smallest absolute Gasteiger partial charge is 0.0184 e. The summed E-state index contributed by atoms with van der Waals surface area (Å²) in [4.78, 5) is 0. The van der Waals surface area contributed by atoms with Crippen LogP contribution in [0.2, 0.25) is 0 Å². The van der Waals surface area contributed by atoms with Crippen molar-refractivity contribution in [1.82, 2.24) is 0 Å². The summed E-state index contributed by atoms with van der Waals surface area (Å²) in [5.74, 6) is 0. The highest BCUT2D eigenvalue weighted by atomic mass is 14.0. The van der Waals surface area contributed by atoms with Gasteiger partial charge in [0.1, 0.15) is 0 Å². The SMILES string of the molecule is C1=CC=CC=C2C=CC=Cc3ccccccccc3C=CC=C2C=CC=C1. The van der Waals surface area contributed by atoms with Gasteiger partial charge in [0, 0.05) is 0 Å². The third-order valence-corrected chi connectivity index (χ3v) is 4.21. The van der Waals surface area contributed by atoms with Crippen LogP contribution in [0.15, 0.2) is 145 Å². The number of hydrogen-bond acceptors (Lipinski definition) is 0. The van der Waals surface area contributed by atoms with Gasteiger partial charge in [-0.25, -0.2) is 0 Å². The Kier molecular flexibility index (Phi) is 7.62. The molecule has 0 bridgehead atoms. The molecule has 0 spiro atoms. The van der Waals surface area contributed by atoms with Crippen molar-refractivity contribution in [2.75, 3.05) is 0 Å². The lowest BCUT2D eigenvalue weighted by atomic mass is 10.0. The van der Waals surface area contributed by atoms with Crippen LogP contribution >= 0.6 is 0 Å². The highest BCUT2D eigenvalue weighted by Crippen LogP contribution is 2.18. The lowest BCUT2D eigenvalue weighted by Gasteiger charge is -2.02. The van der Waals surface area contributed by atoms with E-state index in [4.69, 9.17) is 0 Å². The van der Waals surface area contributed by atoms with Gasteiger partial charge in [0.15, 0.2) is 0 Å². The molecule has 136 valence electrons. The zero-order valence-electron chi connectivity index (χ0n) is 15.9. The predicted octanol–water partition coefficient (Wildman–Crippen LogP) is 7.50. The van der Waals surface area contributed by atoms with Crippen molar-refractivity contribution in [2.45, 2.75) is 0 Å². The Morgan fingerprint density at radius 1 is 0.321 bits per heavy atom. The maximum atomic E-state index is 2.15. The average Bonchev–Trinajstić information content (AvgIpc) is 2.78. The first kappa shape index (κ1) is 19.1. The minimum absolute atomic E-state index is 1.16. The van der Waals surface area contributed by atoms with Gasteiger partial charge in [-0.1, -0.05) is 146 Å². The molecule has 0 saturated heterocycles. The van der Waals surface area contributed by atoms with Crippen LogP contribution in [0.4, 0.5) is 0 Å². The first-order valence-electron chi connectivity index (χ1n) is 9.48. The number of fused-ring (bicyclic) bond motifs is 2. The van der Waals surface area contributed by atoms with Gasteiger partial charge >= 0.3 is 0 Å². The van der Waals surface area contributed by atoms with Crippen LogP contribution in [0.3, 0.4) is 0 Å². The Morgan fingerprint density at radius 2 is 0.750 bits per heavy atom. The first-order chi connectivity index (χ1) is 13.9. The molecule has 2 aliphatic carbocycles. The Balaban J connectivity index is 2.12. The highest BCUT2D eigenvalue weighted by Gasteiger charge is 1.98. The monoisotopic (exact) mass is 360 g/mol. The summed E-state index contributed by atoms with van der Waals surface area (Å²) in [6, 6.07) is 16.6. The zero-order valence-corrected chi connectivity index (χ0v) is 15.9. The van der Waals surface area contributed by atoms with Crippen molar-refractivity contribution in [3.63, 3.8) is 0 Å². The van der Waals surface area contributed by atoms with Gasteiger partial charge in [0.2, 0.25) is 0 Å². The second kappa shape index (κ2) is 11.2. The standard InChI is InChI=1S/C28H24/c1-2-6-10-17-25-21-14-15-22-26-18-11-8-4-5-9-13-20-28(26)24-16-23-27(25)19-12-7-3-1/h1-24H. The summed E-state index contributed by atoms with van der Waals surface area (Å²) in [5, 5.41) is 0. The highest BCUT2D eigenvalue weighted by molar-refractivity contribution is 5.67. The van der Waals surface area contributed by atoms with Gasteiger partial charge in [-0.15, -0.1) is 0 Å². The number of allylic oxidation sites excluding steroid dienone is 16. The molecule has 1 aromatic carbocycles. The van der Waals surface area contributed by atoms with E-state index in [2.05, 4.69) is 91.1 Å². The van der Waals surface area contributed by atoms with Crippen LogP contribution in [-0.4, -0.2) is 0 Å². The lowest BCUT2D eigenvalue weighted by molar-refractivity contribution is 1.54. The zero-order chi connectivity index (χ0) is 19.3. The molecule has 0 atom stereocenters. The predicted molar refractivity (Wildman–Crippen MR) is 124 cm³/mol. The molecule has 0 heteroatoms. The van der Waals surface area contributed by atoms with Gasteiger partial charge in [-0.05, 0) is 22.3 Å². The van der Waals surface area contributed by atoms with Crippen molar-refractivity contribution in [3.8, 4) is 0 Å². The largest absolute Gasteiger partial charge is 0.0623 e. The Labute approximate surface area is 168 Å². The van der Waals surface area contributed by atoms with E-state index in [-0.39, 0.29) is 0 Å². The molecule has 0 radical (unpaired) electrons. The molecule has 0 N–H and O–H groups in total. The maximum absolute atomic E-state index is 2.15. The first-order valence-corrected chi connectivity index (χ1v) is 9.48. The van der Waals surface area contributed by atoms with Gasteiger partial charge in [0.05, 0.1) is 0 Å². The summed E-state index contributed by atoms with van der Waals surface area (Å²) in [6.45, 7) is 0. The van der Waals surface area contributed by atoms with Gasteiger partial charge in [-0.2, -0.15) is 0 Å². The maximum Gasteiger partial charge on any atom is -0.0184 e. The molecule has 28 heavy (non-hydrogen) atoms. The van der Waals surface area contributed by atoms with E-state index in [9.17, 15) is 0 Å². The van der Waals surface area contributed by atoms with Crippen molar-refractivity contribution in [3.05, 3.63) is 156 Å². The Hall–Kier alpha value is -3.64. The minimum atomic E-state index is 1.16. The fourth-order valence-electron chi connectivity index (χ4n) is 2.78. The number of hydrogen-bond donors (Lipinski definition) is 0. The molecule has 0 heterocycles. The molecule has 2 aliphatic rings. The molecule has 1 aromatic rings. The fraction of sp³-hybridized carbons (Fsp3) is 0. The quantitative estimate of drug-likeness (QED) is 0.449. The molecule has 0 aromatic heterocycles. The second-order valence-electron chi connectivity index (χ2n) is 6.23. The molecular weight excluding hydrogens is 336 g/mol. The van der Waals surface area contributed by atoms with Gasteiger partial charge in [-0.3, -0.25) is 0 Å². The molecule has 0 aliphatic heterocycles. The van der Waals surface area contributed by atoms with Crippen LogP contribution in [-0.2, 0) is 0 Å². The molecular formula is C28H24. The van der Waals surface area contributed by atoms with E-state index in [0.717, 1.165) is 22.3 Å². The van der Waals surface area contributed by atoms with Crippen molar-refractivity contribution in [2.24, 2.45) is 0 Å². The Morgan fingerprint density at radius 3 is 1.43 bits per heavy atom. The summed E-state index contributed by atoms with van der Waals surface area (Å²) >= 11 is 0. The Bertz CT molecular complexity index is 998. The van der Waals surface area contributed by atoms with Crippen LogP contribution < -0.4 is 0 Å². The molecule has 0 amide bonds. The van der Waals surface area contributed by atoms with E-state index in [1.807, 2.05) is 54.6 Å². The van der Waals surface area contributed by atoms with E-state index in [0.29, 0.717) is 0 Å². The molecule has 0 unspecified atom stereocenters. The van der Waals surface area contributed by atoms with Gasteiger partial charge in [0.25, 0.3) is 0 Å². The third kappa shape index (κ3) is 6.26. The molecule has 0 saturated carbocycles. The molecule has 3 rings (SSSR count). The lowest BCUT2D eigenvalue weighted by Crippen LogP contribution is -1.82.